The average Bonchev–Trinajstić information content (AvgIpc) is 2.91. The molecule has 2 aliphatic heterocycles. The van der Waals surface area contributed by atoms with Crippen molar-refractivity contribution < 1.29 is 4.74 Å². The Labute approximate surface area is 128 Å². The van der Waals surface area contributed by atoms with Gasteiger partial charge in [-0.1, -0.05) is 19.9 Å². The van der Waals surface area contributed by atoms with Crippen LogP contribution < -0.4 is 10.1 Å². The average molecular weight is 288 g/mol. The molecule has 116 valence electrons. The van der Waals surface area contributed by atoms with Crippen LogP contribution in [0.2, 0.25) is 0 Å². The molecule has 3 heteroatoms. The lowest BCUT2D eigenvalue weighted by atomic mass is 9.88. The zero-order valence-electron chi connectivity index (χ0n) is 13.5. The topological polar surface area (TPSA) is 24.5 Å². The van der Waals surface area contributed by atoms with Crippen LogP contribution in [0.25, 0.3) is 0 Å². The van der Waals surface area contributed by atoms with Gasteiger partial charge in [0.1, 0.15) is 5.75 Å². The Morgan fingerprint density at radius 3 is 3.00 bits per heavy atom. The summed E-state index contributed by atoms with van der Waals surface area (Å²) in [6.07, 6.45) is 3.53. The summed E-state index contributed by atoms with van der Waals surface area (Å²) in [5.74, 6) is 1.04. The molecule has 3 nitrogen and oxygen atoms in total. The predicted molar refractivity (Wildman–Crippen MR) is 86.8 cm³/mol. The normalized spacial score (nSPS) is 25.8. The van der Waals surface area contributed by atoms with E-state index in [-0.39, 0.29) is 0 Å². The van der Waals surface area contributed by atoms with Gasteiger partial charge in [0.2, 0.25) is 0 Å². The molecule has 1 atom stereocenters. The van der Waals surface area contributed by atoms with Crippen molar-refractivity contribution in [2.24, 2.45) is 5.41 Å². The van der Waals surface area contributed by atoms with Crippen molar-refractivity contribution in [2.45, 2.75) is 39.7 Å². The van der Waals surface area contributed by atoms with E-state index in [1.807, 2.05) is 0 Å². The maximum Gasteiger partial charge on any atom is 0.119 e. The van der Waals surface area contributed by atoms with Gasteiger partial charge in [-0.05, 0) is 54.5 Å². The van der Waals surface area contributed by atoms with Crippen molar-refractivity contribution in [3.05, 3.63) is 29.3 Å². The van der Waals surface area contributed by atoms with Crippen molar-refractivity contribution >= 4 is 0 Å². The number of fused-ring (bicyclic) bond motifs is 1. The number of hydrogen-bond donors (Lipinski definition) is 1. The highest BCUT2D eigenvalue weighted by molar-refractivity contribution is 5.37. The second-order valence-electron chi connectivity index (χ2n) is 6.98. The molecular weight excluding hydrogens is 260 g/mol. The molecule has 1 fully saturated rings. The van der Waals surface area contributed by atoms with Crippen LogP contribution in [-0.4, -0.2) is 37.7 Å². The maximum absolute atomic E-state index is 5.75. The number of nitrogens with one attached hydrogen (secondary N) is 1. The van der Waals surface area contributed by atoms with Gasteiger partial charge in [0.05, 0.1) is 6.61 Å². The van der Waals surface area contributed by atoms with Gasteiger partial charge >= 0.3 is 0 Å². The Morgan fingerprint density at radius 1 is 1.33 bits per heavy atom. The van der Waals surface area contributed by atoms with E-state index in [9.17, 15) is 0 Å². The molecule has 0 radical (unpaired) electrons. The highest BCUT2D eigenvalue weighted by atomic mass is 16.5. The Morgan fingerprint density at radius 2 is 2.24 bits per heavy atom. The van der Waals surface area contributed by atoms with Gasteiger partial charge in [-0.2, -0.15) is 0 Å². The first-order valence-electron chi connectivity index (χ1n) is 8.36. The first-order chi connectivity index (χ1) is 10.2. The summed E-state index contributed by atoms with van der Waals surface area (Å²) in [6.45, 7) is 11.2. The summed E-state index contributed by atoms with van der Waals surface area (Å²) in [6, 6.07) is 6.65. The van der Waals surface area contributed by atoms with Crippen LogP contribution >= 0.6 is 0 Å². The Balaban J connectivity index is 1.63. The summed E-state index contributed by atoms with van der Waals surface area (Å²) >= 11 is 0. The van der Waals surface area contributed by atoms with E-state index < -0.39 is 0 Å². The minimum Gasteiger partial charge on any atom is -0.494 e. The second-order valence-corrected chi connectivity index (χ2v) is 6.98. The summed E-state index contributed by atoms with van der Waals surface area (Å²) < 4.78 is 5.75. The number of ether oxygens (including phenoxy) is 1. The van der Waals surface area contributed by atoms with Crippen molar-refractivity contribution in [3.63, 3.8) is 0 Å². The molecule has 1 saturated heterocycles. The molecule has 0 aliphatic carbocycles. The third-order valence-corrected chi connectivity index (χ3v) is 4.80. The third-order valence-electron chi connectivity index (χ3n) is 4.80. The first kappa shape index (κ1) is 14.9. The van der Waals surface area contributed by atoms with Gasteiger partial charge < -0.3 is 10.1 Å². The molecule has 1 aromatic rings. The Bertz CT molecular complexity index is 480. The van der Waals surface area contributed by atoms with Crippen LogP contribution in [0.3, 0.4) is 0 Å². The summed E-state index contributed by atoms with van der Waals surface area (Å²) in [7, 11) is 0. The molecule has 0 saturated carbocycles. The van der Waals surface area contributed by atoms with E-state index in [4.69, 9.17) is 4.74 Å². The van der Waals surface area contributed by atoms with E-state index in [0.29, 0.717) is 5.41 Å². The fourth-order valence-corrected chi connectivity index (χ4v) is 3.58. The summed E-state index contributed by atoms with van der Waals surface area (Å²) in [5.41, 5.74) is 3.43. The quantitative estimate of drug-likeness (QED) is 0.901. The minimum atomic E-state index is 0.460. The zero-order chi connectivity index (χ0) is 14.7. The number of hydrogen-bond acceptors (Lipinski definition) is 3. The van der Waals surface area contributed by atoms with E-state index in [0.717, 1.165) is 31.7 Å². The lowest BCUT2D eigenvalue weighted by Crippen LogP contribution is -2.40. The summed E-state index contributed by atoms with van der Waals surface area (Å²) in [5, 5.41) is 3.51. The monoisotopic (exact) mass is 288 g/mol. The zero-order valence-corrected chi connectivity index (χ0v) is 13.5. The number of benzene rings is 1. The van der Waals surface area contributed by atoms with E-state index in [2.05, 4.69) is 42.3 Å². The van der Waals surface area contributed by atoms with Crippen molar-refractivity contribution in [1.82, 2.24) is 10.2 Å². The van der Waals surface area contributed by atoms with Crippen LogP contribution in [0.1, 0.15) is 37.8 Å². The SMILES string of the molecule is CCCOc1ccc2c(c1)CCN(CC1(C)CCNC1)C2. The molecule has 0 amide bonds. The van der Waals surface area contributed by atoms with Gasteiger partial charge in [-0.3, -0.25) is 4.90 Å². The lowest BCUT2D eigenvalue weighted by molar-refractivity contribution is 0.164. The maximum atomic E-state index is 5.75. The van der Waals surface area contributed by atoms with Gasteiger partial charge in [-0.15, -0.1) is 0 Å². The fourth-order valence-electron chi connectivity index (χ4n) is 3.58. The molecule has 0 bridgehead atoms. The van der Waals surface area contributed by atoms with E-state index in [1.54, 1.807) is 0 Å². The third kappa shape index (κ3) is 3.58. The molecule has 0 spiro atoms. The van der Waals surface area contributed by atoms with Gasteiger partial charge in [0.15, 0.2) is 0 Å². The summed E-state index contributed by atoms with van der Waals surface area (Å²) in [4.78, 5) is 2.63. The van der Waals surface area contributed by atoms with E-state index >= 15 is 0 Å². The molecule has 1 aromatic carbocycles. The van der Waals surface area contributed by atoms with Crippen LogP contribution in [0.5, 0.6) is 5.75 Å². The molecule has 1 unspecified atom stereocenters. The lowest BCUT2D eigenvalue weighted by Gasteiger charge is -2.35. The highest BCUT2D eigenvalue weighted by Gasteiger charge is 2.31. The standard InChI is InChI=1S/C18H28N2O/c1-3-10-21-17-5-4-16-12-20(9-6-15(16)11-17)14-18(2)7-8-19-13-18/h4-5,11,19H,3,6-10,12-14H2,1-2H3. The Hall–Kier alpha value is -1.06. The molecule has 21 heavy (non-hydrogen) atoms. The minimum absolute atomic E-state index is 0.460. The molecule has 2 heterocycles. The predicted octanol–water partition coefficient (Wildman–Crippen LogP) is 2.83. The molecular formula is C18H28N2O. The largest absolute Gasteiger partial charge is 0.494 e. The van der Waals surface area contributed by atoms with Crippen LogP contribution in [0.15, 0.2) is 18.2 Å². The van der Waals surface area contributed by atoms with Gasteiger partial charge in [0, 0.05) is 26.2 Å². The number of nitrogens with zero attached hydrogens (tertiary/aromatic N) is 1. The smallest absolute Gasteiger partial charge is 0.119 e. The second kappa shape index (κ2) is 6.37. The van der Waals surface area contributed by atoms with E-state index in [1.165, 1.54) is 43.7 Å². The Kier molecular flexibility index (Phi) is 4.51. The highest BCUT2D eigenvalue weighted by Crippen LogP contribution is 2.29. The van der Waals surface area contributed by atoms with Gasteiger partial charge in [-0.25, -0.2) is 0 Å². The van der Waals surface area contributed by atoms with Crippen LogP contribution in [0, 0.1) is 5.41 Å². The molecule has 1 N–H and O–H groups in total. The first-order valence-corrected chi connectivity index (χ1v) is 8.36. The van der Waals surface area contributed by atoms with Crippen molar-refractivity contribution in [3.8, 4) is 5.75 Å². The van der Waals surface area contributed by atoms with Crippen LogP contribution in [-0.2, 0) is 13.0 Å². The van der Waals surface area contributed by atoms with Crippen molar-refractivity contribution in [2.75, 3.05) is 32.8 Å². The van der Waals surface area contributed by atoms with Crippen LogP contribution in [0.4, 0.5) is 0 Å². The molecule has 0 aromatic heterocycles. The number of rotatable bonds is 5. The van der Waals surface area contributed by atoms with Crippen molar-refractivity contribution in [1.29, 1.82) is 0 Å². The van der Waals surface area contributed by atoms with Gasteiger partial charge in [0.25, 0.3) is 0 Å². The fraction of sp³-hybridized carbons (Fsp3) is 0.667. The molecule has 3 rings (SSSR count). The molecule has 2 aliphatic rings.